The van der Waals surface area contributed by atoms with E-state index in [0.717, 1.165) is 21.2 Å². The van der Waals surface area contributed by atoms with E-state index in [9.17, 15) is 22.0 Å². The highest BCUT2D eigenvalue weighted by Crippen LogP contribution is 2.33. The third-order valence-electron chi connectivity index (χ3n) is 6.41. The minimum absolute atomic E-state index is 0.185. The van der Waals surface area contributed by atoms with Crippen molar-refractivity contribution in [2.24, 2.45) is 0 Å². The number of imidazole rings is 1. The second kappa shape index (κ2) is 8.88. The normalized spacial score (nSPS) is 13.7. The first-order valence-electron chi connectivity index (χ1n) is 11.8. The Morgan fingerprint density at radius 1 is 1.00 bits per heavy atom. The number of halogens is 2. The Balaban J connectivity index is 1.41. The first-order valence-corrected chi connectivity index (χ1v) is 13.3. The Bertz CT molecular complexity index is 1840. The van der Waals surface area contributed by atoms with Crippen molar-refractivity contribution in [2.75, 3.05) is 5.32 Å². The number of aromatic nitrogens is 4. The van der Waals surface area contributed by atoms with E-state index in [1.807, 2.05) is 18.2 Å². The summed E-state index contributed by atoms with van der Waals surface area (Å²) in [7, 11) is -3.46. The summed E-state index contributed by atoms with van der Waals surface area (Å²) in [6.07, 6.45) is 5.93. The summed E-state index contributed by atoms with van der Waals surface area (Å²) in [6.45, 7) is 1.37. The van der Waals surface area contributed by atoms with Crippen LogP contribution >= 0.6 is 0 Å². The molecule has 11 heteroatoms. The smallest absolute Gasteiger partial charge is 0.256 e. The molecule has 2 aromatic heterocycles. The van der Waals surface area contributed by atoms with Gasteiger partial charge in [0, 0.05) is 35.5 Å². The number of benzene rings is 3. The van der Waals surface area contributed by atoms with Crippen LogP contribution in [0.25, 0.3) is 39.0 Å². The van der Waals surface area contributed by atoms with Crippen LogP contribution in [-0.2, 0) is 14.8 Å². The van der Waals surface area contributed by atoms with E-state index in [0.29, 0.717) is 40.9 Å². The number of carbonyl (C=O) groups is 1. The van der Waals surface area contributed by atoms with Gasteiger partial charge in [-0.25, -0.2) is 22.2 Å². The summed E-state index contributed by atoms with van der Waals surface area (Å²) >= 11 is 0. The van der Waals surface area contributed by atoms with Gasteiger partial charge in [-0.15, -0.1) is 0 Å². The summed E-state index contributed by atoms with van der Waals surface area (Å²) in [5.41, 5.74) is 4.45. The van der Waals surface area contributed by atoms with Gasteiger partial charge in [0.1, 0.15) is 18.0 Å². The summed E-state index contributed by atoms with van der Waals surface area (Å²) in [5, 5.41) is 6.42. The van der Waals surface area contributed by atoms with Gasteiger partial charge in [0.15, 0.2) is 0 Å². The molecule has 0 unspecified atom stereocenters. The highest BCUT2D eigenvalue weighted by molar-refractivity contribution is 7.90. The van der Waals surface area contributed by atoms with E-state index in [-0.39, 0.29) is 16.7 Å². The SMILES string of the molecule is CC(=O)Nc1cc(-c2ccc(F)cc2F)cc(-n2cnc3cc(-c4cnn(S(=O)(=O)C5CC5)c4)ccc32)c1. The third-order valence-corrected chi connectivity index (χ3v) is 8.44. The Kier molecular flexibility index (Phi) is 5.60. The van der Waals surface area contributed by atoms with Crippen molar-refractivity contribution in [3.63, 3.8) is 0 Å². The van der Waals surface area contributed by atoms with E-state index in [1.165, 1.54) is 31.5 Å². The third kappa shape index (κ3) is 4.34. The van der Waals surface area contributed by atoms with Crippen LogP contribution in [0.2, 0.25) is 0 Å². The molecule has 0 spiro atoms. The van der Waals surface area contributed by atoms with Crippen molar-refractivity contribution >= 4 is 32.7 Å². The van der Waals surface area contributed by atoms with Crippen LogP contribution in [0.4, 0.5) is 14.5 Å². The largest absolute Gasteiger partial charge is 0.326 e. The molecule has 0 atom stereocenters. The van der Waals surface area contributed by atoms with E-state index in [1.54, 1.807) is 29.1 Å². The minimum Gasteiger partial charge on any atom is -0.326 e. The minimum atomic E-state index is -3.46. The van der Waals surface area contributed by atoms with Crippen LogP contribution in [0.5, 0.6) is 0 Å². The van der Waals surface area contributed by atoms with E-state index in [2.05, 4.69) is 15.4 Å². The molecule has 1 aliphatic carbocycles. The maximum atomic E-state index is 14.6. The molecule has 1 aliphatic rings. The fourth-order valence-electron chi connectivity index (χ4n) is 4.41. The molecule has 1 fully saturated rings. The number of carbonyl (C=O) groups excluding carboxylic acids is 1. The molecule has 3 aromatic carbocycles. The monoisotopic (exact) mass is 533 g/mol. The van der Waals surface area contributed by atoms with Crippen LogP contribution < -0.4 is 5.32 Å². The van der Waals surface area contributed by atoms with Gasteiger partial charge in [-0.05, 0) is 66.4 Å². The van der Waals surface area contributed by atoms with Crippen molar-refractivity contribution in [2.45, 2.75) is 25.0 Å². The molecule has 1 saturated carbocycles. The van der Waals surface area contributed by atoms with Gasteiger partial charge in [0.05, 0.1) is 28.7 Å². The fourth-order valence-corrected chi connectivity index (χ4v) is 5.89. The Hall–Kier alpha value is -4.38. The van der Waals surface area contributed by atoms with Crippen LogP contribution in [0.3, 0.4) is 0 Å². The number of nitrogens with one attached hydrogen (secondary N) is 1. The van der Waals surface area contributed by atoms with Crippen LogP contribution in [-0.4, -0.2) is 38.3 Å². The Labute approximate surface area is 216 Å². The molecule has 0 aliphatic heterocycles. The molecular weight excluding hydrogens is 512 g/mol. The van der Waals surface area contributed by atoms with Crippen molar-refractivity contribution < 1.29 is 22.0 Å². The van der Waals surface area contributed by atoms with Crippen LogP contribution in [0.15, 0.2) is 73.3 Å². The number of amides is 1. The van der Waals surface area contributed by atoms with Gasteiger partial charge in [0.25, 0.3) is 10.0 Å². The summed E-state index contributed by atoms with van der Waals surface area (Å²) in [5.74, 6) is -1.70. The molecule has 0 radical (unpaired) electrons. The molecule has 38 heavy (non-hydrogen) atoms. The molecule has 2 heterocycles. The molecule has 0 saturated heterocycles. The lowest BCUT2D eigenvalue weighted by molar-refractivity contribution is -0.114. The molecule has 0 bridgehead atoms. The van der Waals surface area contributed by atoms with Crippen molar-refractivity contribution in [1.29, 1.82) is 0 Å². The highest BCUT2D eigenvalue weighted by Gasteiger charge is 2.37. The topological polar surface area (TPSA) is 98.9 Å². The van der Waals surface area contributed by atoms with Gasteiger partial charge >= 0.3 is 0 Å². The van der Waals surface area contributed by atoms with Gasteiger partial charge in [-0.2, -0.15) is 9.19 Å². The van der Waals surface area contributed by atoms with Gasteiger partial charge < -0.3 is 5.32 Å². The van der Waals surface area contributed by atoms with Crippen molar-refractivity contribution in [3.05, 3.63) is 85.0 Å². The summed E-state index contributed by atoms with van der Waals surface area (Å²) < 4.78 is 55.9. The molecule has 1 N–H and O–H groups in total. The zero-order chi connectivity index (χ0) is 26.6. The van der Waals surface area contributed by atoms with E-state index < -0.39 is 21.7 Å². The quantitative estimate of drug-likeness (QED) is 0.326. The Morgan fingerprint density at radius 3 is 2.55 bits per heavy atom. The lowest BCUT2D eigenvalue weighted by Crippen LogP contribution is -2.17. The maximum absolute atomic E-state index is 14.6. The molecular formula is C27H21F2N5O3S. The van der Waals surface area contributed by atoms with Crippen LogP contribution in [0, 0.1) is 11.6 Å². The number of anilines is 1. The second-order valence-corrected chi connectivity index (χ2v) is 11.3. The molecule has 192 valence electrons. The molecule has 8 nitrogen and oxygen atoms in total. The fraction of sp³-hybridized carbons (Fsp3) is 0.148. The summed E-state index contributed by atoms with van der Waals surface area (Å²) in [4.78, 5) is 16.3. The van der Waals surface area contributed by atoms with Gasteiger partial charge in [0.2, 0.25) is 5.91 Å². The van der Waals surface area contributed by atoms with E-state index in [4.69, 9.17) is 0 Å². The summed E-state index contributed by atoms with van der Waals surface area (Å²) in [6, 6.07) is 13.9. The highest BCUT2D eigenvalue weighted by atomic mass is 32.2. The first-order chi connectivity index (χ1) is 18.2. The number of hydrogen-bond donors (Lipinski definition) is 1. The zero-order valence-electron chi connectivity index (χ0n) is 20.1. The van der Waals surface area contributed by atoms with Crippen LogP contribution in [0.1, 0.15) is 19.8 Å². The molecule has 1 amide bonds. The maximum Gasteiger partial charge on any atom is 0.256 e. The zero-order valence-corrected chi connectivity index (χ0v) is 20.9. The number of hydrogen-bond acceptors (Lipinski definition) is 5. The average molecular weight is 534 g/mol. The number of nitrogens with zero attached hydrogens (tertiary/aromatic N) is 4. The van der Waals surface area contributed by atoms with Crippen molar-refractivity contribution in [3.8, 4) is 27.9 Å². The van der Waals surface area contributed by atoms with Gasteiger partial charge in [-0.3, -0.25) is 9.36 Å². The first kappa shape index (κ1) is 24.0. The van der Waals surface area contributed by atoms with Gasteiger partial charge in [-0.1, -0.05) is 6.07 Å². The Morgan fingerprint density at radius 2 is 1.82 bits per heavy atom. The average Bonchev–Trinajstić information content (AvgIpc) is 3.46. The predicted octanol–water partition coefficient (Wildman–Crippen LogP) is 5.13. The second-order valence-electron chi connectivity index (χ2n) is 9.24. The van der Waals surface area contributed by atoms with Crippen molar-refractivity contribution in [1.82, 2.24) is 18.7 Å². The van der Waals surface area contributed by atoms with E-state index >= 15 is 0 Å². The lowest BCUT2D eigenvalue weighted by atomic mass is 10.0. The lowest BCUT2D eigenvalue weighted by Gasteiger charge is -2.13. The predicted molar refractivity (Wildman–Crippen MR) is 139 cm³/mol. The number of rotatable bonds is 6. The standard InChI is InChI=1S/C27H21F2N5O3S/c1-16(35)32-21-8-18(24-6-3-20(28)11-25(24)29)9-22(12-21)33-15-30-26-10-17(2-7-27(26)33)19-13-31-34(14-19)38(36,37)23-4-5-23/h2-3,6-15,23H,4-5H2,1H3,(H,32,35). The number of fused-ring (bicyclic) bond motifs is 1. The molecule has 6 rings (SSSR count). The molecule has 5 aromatic rings.